The minimum Gasteiger partial charge on any atom is -0.507 e. The summed E-state index contributed by atoms with van der Waals surface area (Å²) < 4.78 is 5.26. The lowest BCUT2D eigenvalue weighted by Gasteiger charge is -2.25. The van der Waals surface area contributed by atoms with E-state index in [0.29, 0.717) is 22.3 Å². The van der Waals surface area contributed by atoms with Crippen molar-refractivity contribution in [3.63, 3.8) is 0 Å². The lowest BCUT2D eigenvalue weighted by atomic mass is 9.93. The smallest absolute Gasteiger partial charge is 0.295 e. The van der Waals surface area contributed by atoms with Crippen molar-refractivity contribution in [2.24, 2.45) is 0 Å². The second kappa shape index (κ2) is 9.69. The standard InChI is InChI=1S/C27H25ClN2O4/c1-16(2)18-6-8-19(9-7-18)24-23(25(31)20-10-11-21(28)22(13-20)34-3)26(32)27(33)30(24)15-17-5-4-12-29-14-17/h4-14,16,24,31H,15H2,1-3H3/b25-23-. The Hall–Kier alpha value is -3.64. The van der Waals surface area contributed by atoms with Crippen molar-refractivity contribution in [2.75, 3.05) is 7.11 Å². The number of hydrogen-bond donors (Lipinski definition) is 1. The topological polar surface area (TPSA) is 79.7 Å². The maximum atomic E-state index is 13.2. The number of ketones is 1. The fourth-order valence-corrected chi connectivity index (χ4v) is 4.30. The molecule has 2 aromatic carbocycles. The summed E-state index contributed by atoms with van der Waals surface area (Å²) in [7, 11) is 1.47. The third kappa shape index (κ3) is 4.41. The number of aliphatic hydroxyl groups is 1. The van der Waals surface area contributed by atoms with Crippen molar-refractivity contribution in [3.8, 4) is 5.75 Å². The van der Waals surface area contributed by atoms with Gasteiger partial charge in [0.2, 0.25) is 0 Å². The first kappa shape index (κ1) is 23.5. The van der Waals surface area contributed by atoms with E-state index >= 15 is 0 Å². The molecule has 0 bridgehead atoms. The van der Waals surface area contributed by atoms with E-state index in [1.54, 1.807) is 36.7 Å². The van der Waals surface area contributed by atoms with Gasteiger partial charge in [0.05, 0.1) is 23.7 Å². The van der Waals surface area contributed by atoms with Gasteiger partial charge in [-0.25, -0.2) is 0 Å². The number of aromatic nitrogens is 1. The zero-order chi connectivity index (χ0) is 24.4. The van der Waals surface area contributed by atoms with Crippen molar-refractivity contribution in [3.05, 3.63) is 99.8 Å². The summed E-state index contributed by atoms with van der Waals surface area (Å²) in [6, 6.07) is 15.3. The third-order valence-corrected chi connectivity index (χ3v) is 6.27. The minimum atomic E-state index is -0.761. The Morgan fingerprint density at radius 3 is 2.50 bits per heavy atom. The second-order valence-electron chi connectivity index (χ2n) is 8.46. The molecule has 1 fully saturated rings. The monoisotopic (exact) mass is 476 g/mol. The van der Waals surface area contributed by atoms with Crippen molar-refractivity contribution in [1.82, 2.24) is 9.88 Å². The number of rotatable bonds is 6. The third-order valence-electron chi connectivity index (χ3n) is 5.96. The van der Waals surface area contributed by atoms with Crippen LogP contribution in [-0.4, -0.2) is 33.8 Å². The van der Waals surface area contributed by atoms with Crippen LogP contribution in [-0.2, 0) is 16.1 Å². The van der Waals surface area contributed by atoms with E-state index in [1.165, 1.54) is 12.0 Å². The van der Waals surface area contributed by atoms with Crippen molar-refractivity contribution in [1.29, 1.82) is 0 Å². The second-order valence-corrected chi connectivity index (χ2v) is 8.87. The molecule has 6 nitrogen and oxygen atoms in total. The summed E-state index contributed by atoms with van der Waals surface area (Å²) in [5.41, 5.74) is 3.01. The van der Waals surface area contributed by atoms with Gasteiger partial charge >= 0.3 is 0 Å². The summed E-state index contributed by atoms with van der Waals surface area (Å²) in [4.78, 5) is 32.0. The highest BCUT2D eigenvalue weighted by Gasteiger charge is 2.46. The van der Waals surface area contributed by atoms with Gasteiger partial charge in [0, 0.05) is 24.5 Å². The summed E-state index contributed by atoms with van der Waals surface area (Å²) in [5.74, 6) is -1.01. The van der Waals surface area contributed by atoms with E-state index in [-0.39, 0.29) is 17.9 Å². The summed E-state index contributed by atoms with van der Waals surface area (Å²) in [5, 5.41) is 11.6. The molecule has 1 atom stereocenters. The summed E-state index contributed by atoms with van der Waals surface area (Å²) in [6.45, 7) is 4.37. The number of halogens is 1. The van der Waals surface area contributed by atoms with Crippen LogP contribution in [0.3, 0.4) is 0 Å². The maximum Gasteiger partial charge on any atom is 0.295 e. The van der Waals surface area contributed by atoms with Gasteiger partial charge < -0.3 is 14.7 Å². The number of amides is 1. The van der Waals surface area contributed by atoms with Gasteiger partial charge in [-0.2, -0.15) is 0 Å². The normalized spacial score (nSPS) is 17.4. The number of benzene rings is 2. The van der Waals surface area contributed by atoms with Gasteiger partial charge in [0.15, 0.2) is 0 Å². The number of methoxy groups -OCH3 is 1. The predicted molar refractivity (Wildman–Crippen MR) is 131 cm³/mol. The number of Topliss-reactive ketones (excluding diaryl/α,β-unsaturated/α-hetero) is 1. The molecule has 0 aliphatic carbocycles. The Balaban J connectivity index is 1.86. The molecular formula is C27H25ClN2O4. The zero-order valence-electron chi connectivity index (χ0n) is 19.2. The first-order valence-corrected chi connectivity index (χ1v) is 11.3. The molecule has 34 heavy (non-hydrogen) atoms. The molecule has 1 aliphatic rings. The highest BCUT2D eigenvalue weighted by Crippen LogP contribution is 2.41. The van der Waals surface area contributed by atoms with Crippen LogP contribution >= 0.6 is 11.6 Å². The Morgan fingerprint density at radius 1 is 1.15 bits per heavy atom. The average molecular weight is 477 g/mol. The fourth-order valence-electron chi connectivity index (χ4n) is 4.10. The molecule has 0 radical (unpaired) electrons. The number of hydrogen-bond acceptors (Lipinski definition) is 5. The van der Waals surface area contributed by atoms with Crippen LogP contribution < -0.4 is 4.74 Å². The van der Waals surface area contributed by atoms with Crippen LogP contribution in [0.2, 0.25) is 5.02 Å². The van der Waals surface area contributed by atoms with E-state index in [0.717, 1.165) is 16.7 Å². The Kier molecular flexibility index (Phi) is 6.70. The molecule has 1 unspecified atom stereocenters. The molecule has 2 heterocycles. The molecule has 3 aromatic rings. The summed E-state index contributed by atoms with van der Waals surface area (Å²) >= 11 is 6.13. The molecule has 1 N–H and O–H groups in total. The Bertz CT molecular complexity index is 1250. The van der Waals surface area contributed by atoms with E-state index in [1.807, 2.05) is 30.3 Å². The van der Waals surface area contributed by atoms with E-state index in [9.17, 15) is 14.7 Å². The molecule has 1 aliphatic heterocycles. The van der Waals surface area contributed by atoms with Crippen LogP contribution in [0.25, 0.3) is 5.76 Å². The largest absolute Gasteiger partial charge is 0.507 e. The number of carbonyl (C=O) groups excluding carboxylic acids is 2. The number of carbonyl (C=O) groups is 2. The van der Waals surface area contributed by atoms with Crippen molar-refractivity contribution >= 4 is 29.1 Å². The zero-order valence-corrected chi connectivity index (χ0v) is 19.9. The predicted octanol–water partition coefficient (Wildman–Crippen LogP) is 5.49. The molecule has 1 amide bonds. The van der Waals surface area contributed by atoms with E-state index < -0.39 is 17.7 Å². The SMILES string of the molecule is COc1cc(/C(O)=C2/C(=O)C(=O)N(Cc3cccnc3)C2c2ccc(C(C)C)cc2)ccc1Cl. The van der Waals surface area contributed by atoms with Crippen molar-refractivity contribution in [2.45, 2.75) is 32.4 Å². The molecule has 1 saturated heterocycles. The molecule has 7 heteroatoms. The van der Waals surface area contributed by atoms with Crippen molar-refractivity contribution < 1.29 is 19.4 Å². The van der Waals surface area contributed by atoms with Crippen LogP contribution in [0.15, 0.2) is 72.6 Å². The minimum absolute atomic E-state index is 0.0237. The highest BCUT2D eigenvalue weighted by atomic mass is 35.5. The van der Waals surface area contributed by atoms with Gasteiger partial charge in [0.25, 0.3) is 11.7 Å². The molecule has 174 valence electrons. The first-order valence-electron chi connectivity index (χ1n) is 10.9. The van der Waals surface area contributed by atoms with Gasteiger partial charge in [-0.15, -0.1) is 0 Å². The number of ether oxygens (including phenoxy) is 1. The quantitative estimate of drug-likeness (QED) is 0.289. The van der Waals surface area contributed by atoms with Crippen LogP contribution in [0.5, 0.6) is 5.75 Å². The number of nitrogens with zero attached hydrogens (tertiary/aromatic N) is 2. The first-order chi connectivity index (χ1) is 16.3. The van der Waals surface area contributed by atoms with Crippen LogP contribution in [0.1, 0.15) is 48.1 Å². The lowest BCUT2D eigenvalue weighted by Crippen LogP contribution is -2.29. The Labute approximate surface area is 203 Å². The van der Waals surface area contributed by atoms with Gasteiger partial charge in [-0.1, -0.05) is 55.8 Å². The Morgan fingerprint density at radius 2 is 1.88 bits per heavy atom. The van der Waals surface area contributed by atoms with Crippen LogP contribution in [0, 0.1) is 0 Å². The number of pyridine rings is 1. The van der Waals surface area contributed by atoms with Gasteiger partial charge in [-0.05, 0) is 46.9 Å². The van der Waals surface area contributed by atoms with E-state index in [2.05, 4.69) is 18.8 Å². The molecule has 0 spiro atoms. The average Bonchev–Trinajstić information content (AvgIpc) is 3.09. The summed E-state index contributed by atoms with van der Waals surface area (Å²) in [6.07, 6.45) is 3.30. The lowest BCUT2D eigenvalue weighted by molar-refractivity contribution is -0.140. The highest BCUT2D eigenvalue weighted by molar-refractivity contribution is 6.46. The molecular weight excluding hydrogens is 452 g/mol. The van der Waals surface area contributed by atoms with Gasteiger partial charge in [-0.3, -0.25) is 14.6 Å². The molecule has 4 rings (SSSR count). The maximum absolute atomic E-state index is 13.2. The van der Waals surface area contributed by atoms with Crippen LogP contribution in [0.4, 0.5) is 0 Å². The van der Waals surface area contributed by atoms with Gasteiger partial charge in [0.1, 0.15) is 11.5 Å². The fraction of sp³-hybridized carbons (Fsp3) is 0.222. The number of likely N-dealkylation sites (tertiary alicyclic amines) is 1. The molecule has 0 saturated carbocycles. The molecule has 1 aromatic heterocycles. The number of aliphatic hydroxyl groups excluding tert-OH is 1. The van der Waals surface area contributed by atoms with E-state index in [4.69, 9.17) is 16.3 Å².